The van der Waals surface area contributed by atoms with E-state index in [1.807, 2.05) is 7.85 Å². The molecule has 13 nitrogen and oxygen atoms in total. The van der Waals surface area contributed by atoms with Crippen molar-refractivity contribution in [2.45, 2.75) is 101 Å². The molecule has 2 unspecified atom stereocenters. The molecule has 0 saturated carbocycles. The van der Waals surface area contributed by atoms with Crippen LogP contribution < -0.4 is 10.6 Å². The second-order valence-electron chi connectivity index (χ2n) is 11.0. The summed E-state index contributed by atoms with van der Waals surface area (Å²) >= 11 is 10.5. The number of hydrogen-bond acceptors (Lipinski definition) is 12. The lowest BCUT2D eigenvalue weighted by atomic mass is 9.82. The number of hydrogen-bond donors (Lipinski definition) is 6. The number of unbranched alkanes of at least 4 members (excludes halogenated alkanes) is 3. The van der Waals surface area contributed by atoms with Crippen LogP contribution in [0.3, 0.4) is 0 Å². The zero-order chi connectivity index (χ0) is 32.7. The average Bonchev–Trinajstić information content (AvgIpc) is 3.25. The van der Waals surface area contributed by atoms with Crippen molar-refractivity contribution in [2.24, 2.45) is 5.92 Å². The summed E-state index contributed by atoms with van der Waals surface area (Å²) in [6.07, 6.45) is 4.60. The van der Waals surface area contributed by atoms with Gasteiger partial charge in [-0.05, 0) is 56.8 Å². The summed E-state index contributed by atoms with van der Waals surface area (Å²) in [7, 11) is 4.92. The van der Waals surface area contributed by atoms with Crippen LogP contribution in [0.25, 0.3) is 0 Å². The second-order valence-corrected chi connectivity index (χ2v) is 14.4. The zero-order valence-electron chi connectivity index (χ0n) is 26.0. The highest BCUT2D eigenvalue weighted by atomic mass is 32.5. The Morgan fingerprint density at radius 1 is 1.09 bits per heavy atom. The van der Waals surface area contributed by atoms with E-state index in [0.717, 1.165) is 43.6 Å². The lowest BCUT2D eigenvalue weighted by Gasteiger charge is -2.42. The Morgan fingerprint density at radius 2 is 1.84 bits per heavy atom. The van der Waals surface area contributed by atoms with Crippen molar-refractivity contribution in [1.29, 1.82) is 0 Å². The molecule has 0 spiro atoms. The molecule has 2 fully saturated rings. The molecule has 6 N–H and O–H groups in total. The van der Waals surface area contributed by atoms with Crippen LogP contribution >= 0.6 is 18.9 Å². The first-order valence-electron chi connectivity index (χ1n) is 15.1. The number of aliphatic hydroxyl groups excluding tert-OH is 3. The number of amides is 1. The monoisotopic (exact) mass is 684 g/mol. The molecule has 2 heterocycles. The van der Waals surface area contributed by atoms with Crippen LogP contribution in [0.2, 0.25) is 0 Å². The Hall–Kier alpha value is -0.585. The topological polar surface area (TPSA) is 177 Å². The van der Waals surface area contributed by atoms with Crippen molar-refractivity contribution in [3.63, 3.8) is 0 Å². The summed E-state index contributed by atoms with van der Waals surface area (Å²) in [5.74, 6) is -0.375. The van der Waals surface area contributed by atoms with Gasteiger partial charge >= 0.3 is 6.72 Å². The van der Waals surface area contributed by atoms with E-state index >= 15 is 0 Å². The Labute approximate surface area is 272 Å². The van der Waals surface area contributed by atoms with E-state index in [0.29, 0.717) is 26.1 Å². The number of rotatable bonds is 20. The molecule has 44 heavy (non-hydrogen) atoms. The number of carbonyl (C=O) groups excluding carboxylic acids is 1. The number of allylic oxidation sites excluding steroid dienone is 2. The predicted molar refractivity (Wildman–Crippen MR) is 174 cm³/mol. The van der Waals surface area contributed by atoms with Gasteiger partial charge in [0.1, 0.15) is 44.4 Å². The van der Waals surface area contributed by atoms with Crippen molar-refractivity contribution in [2.75, 3.05) is 40.6 Å². The van der Waals surface area contributed by atoms with E-state index in [-0.39, 0.29) is 18.0 Å². The standard InChI is InChI=1S/C27H50BN2O11PS2/c1-17(32)30-22-24(34)23(33)19(15-31)40-27(22)38-14-10-8-12-21(43)29-13-9-6-4-5-7-11-18-25(41-42(35,44)37-3)20(16-36-2)39-26(18)28/h5,7,18-20,22-27,31,33-34H,4,6,8-16,28H2,1-3H3,(H,29,43)(H,30,32)(H,35,44)/b7-5+/t18-,19+,20+,22+,23-,24+,25?,26+,27+,42?/m0/s1. The van der Waals surface area contributed by atoms with Crippen molar-refractivity contribution in [3.05, 3.63) is 12.2 Å². The van der Waals surface area contributed by atoms with Crippen molar-refractivity contribution >= 4 is 49.5 Å². The van der Waals surface area contributed by atoms with Crippen LogP contribution in [0.15, 0.2) is 12.2 Å². The number of nitrogens with one attached hydrogen (secondary N) is 2. The SMILES string of the molecule is B[C@@H]1O[C@H](COC)C(OP(O)(=S)OC)[C@@H]1C/C=C/CCCCNC(=S)CCCCO[C@@H]1O[C@H](CO)[C@H](O)[C@H](O)[C@H]1NC(C)=O. The highest BCUT2D eigenvalue weighted by Gasteiger charge is 2.46. The van der Waals surface area contributed by atoms with Gasteiger partial charge < -0.3 is 58.8 Å². The van der Waals surface area contributed by atoms with Gasteiger partial charge in [-0.25, -0.2) is 0 Å². The van der Waals surface area contributed by atoms with Gasteiger partial charge in [-0.1, -0.05) is 24.4 Å². The number of aliphatic hydroxyl groups is 3. The summed E-state index contributed by atoms with van der Waals surface area (Å²) in [4.78, 5) is 22.5. The van der Waals surface area contributed by atoms with Crippen molar-refractivity contribution < 1.29 is 53.0 Å². The molecule has 2 saturated heterocycles. The molecule has 254 valence electrons. The molecule has 2 aliphatic heterocycles. The van der Waals surface area contributed by atoms with E-state index in [9.17, 15) is 25.0 Å². The van der Waals surface area contributed by atoms with Crippen LogP contribution in [0.1, 0.15) is 51.9 Å². The molecule has 0 bridgehead atoms. The molecule has 0 aliphatic carbocycles. The van der Waals surface area contributed by atoms with Gasteiger partial charge in [0.25, 0.3) is 0 Å². The van der Waals surface area contributed by atoms with Crippen LogP contribution in [0, 0.1) is 5.92 Å². The Bertz CT molecular complexity index is 955. The Morgan fingerprint density at radius 3 is 2.50 bits per heavy atom. The predicted octanol–water partition coefficient (Wildman–Crippen LogP) is 0.0196. The van der Waals surface area contributed by atoms with Gasteiger partial charge in [-0.2, -0.15) is 0 Å². The van der Waals surface area contributed by atoms with E-state index in [1.165, 1.54) is 14.0 Å². The minimum atomic E-state index is -3.34. The number of ether oxygens (including phenoxy) is 4. The van der Waals surface area contributed by atoms with Gasteiger partial charge in [0.05, 0.1) is 18.2 Å². The Balaban J connectivity index is 1.61. The summed E-state index contributed by atoms with van der Waals surface area (Å²) in [6.45, 7) is -1.11. The second kappa shape index (κ2) is 20.6. The molecule has 0 aromatic carbocycles. The number of methoxy groups -OCH3 is 1. The first kappa shape index (κ1) is 39.6. The minimum absolute atomic E-state index is 0.0197. The number of carbonyl (C=O) groups is 1. The van der Waals surface area contributed by atoms with Gasteiger partial charge in [-0.3, -0.25) is 4.79 Å². The number of thiocarbonyl (C=S) groups is 1. The minimum Gasteiger partial charge on any atom is -0.394 e. The average molecular weight is 685 g/mol. The van der Waals surface area contributed by atoms with E-state index < -0.39 is 56.0 Å². The van der Waals surface area contributed by atoms with Crippen molar-refractivity contribution in [3.8, 4) is 0 Å². The highest BCUT2D eigenvalue weighted by Crippen LogP contribution is 2.48. The molecule has 17 heteroatoms. The molecule has 10 atom stereocenters. The molecule has 2 aliphatic rings. The third kappa shape index (κ3) is 13.3. The zero-order valence-corrected chi connectivity index (χ0v) is 28.6. The van der Waals surface area contributed by atoms with Gasteiger partial charge in [-0.15, -0.1) is 0 Å². The maximum absolute atomic E-state index is 11.5. The first-order chi connectivity index (χ1) is 20.9. The maximum Gasteiger partial charge on any atom is 0.324 e. The first-order valence-corrected chi connectivity index (χ1v) is 18.1. The highest BCUT2D eigenvalue weighted by molar-refractivity contribution is 8.07. The maximum atomic E-state index is 11.5. The quantitative estimate of drug-likeness (QED) is 0.0333. The van der Waals surface area contributed by atoms with Gasteiger partial charge in [0, 0.05) is 46.2 Å². The lowest BCUT2D eigenvalue weighted by molar-refractivity contribution is -0.270. The summed E-state index contributed by atoms with van der Waals surface area (Å²) in [5, 5.41) is 35.7. The third-order valence-electron chi connectivity index (χ3n) is 7.62. The summed E-state index contributed by atoms with van der Waals surface area (Å²) in [5.41, 5.74) is 0. The normalized spacial score (nSPS) is 32.0. The van der Waals surface area contributed by atoms with Crippen LogP contribution in [-0.4, -0.2) is 128 Å². The van der Waals surface area contributed by atoms with Crippen LogP contribution in [0.4, 0.5) is 0 Å². The fraction of sp³-hybridized carbons (Fsp3) is 0.852. The smallest absolute Gasteiger partial charge is 0.324 e. The van der Waals surface area contributed by atoms with Crippen LogP contribution in [0.5, 0.6) is 0 Å². The van der Waals surface area contributed by atoms with Gasteiger partial charge in [0.15, 0.2) is 6.29 Å². The van der Waals surface area contributed by atoms with E-state index in [1.54, 1.807) is 7.11 Å². The fourth-order valence-electron chi connectivity index (χ4n) is 5.24. The molecule has 0 aromatic rings. The fourth-order valence-corrected chi connectivity index (χ4v) is 6.47. The third-order valence-corrected chi connectivity index (χ3v) is 9.65. The summed E-state index contributed by atoms with van der Waals surface area (Å²) < 4.78 is 33.3. The molecule has 0 radical (unpaired) electrons. The van der Waals surface area contributed by atoms with E-state index in [2.05, 4.69) is 22.8 Å². The molecular formula is C27H50BN2O11PS2. The molecular weight excluding hydrogens is 634 g/mol. The van der Waals surface area contributed by atoms with Crippen LogP contribution in [-0.2, 0) is 44.6 Å². The van der Waals surface area contributed by atoms with E-state index in [4.69, 9.17) is 52.0 Å². The largest absolute Gasteiger partial charge is 0.394 e. The lowest BCUT2D eigenvalue weighted by Crippen LogP contribution is -2.64. The summed E-state index contributed by atoms with van der Waals surface area (Å²) in [6, 6.07) is -1.02. The van der Waals surface area contributed by atoms with Gasteiger partial charge in [0.2, 0.25) is 5.91 Å². The molecule has 1 amide bonds. The molecule has 0 aromatic heterocycles. The Kier molecular flexibility index (Phi) is 18.5. The van der Waals surface area contributed by atoms with Crippen molar-refractivity contribution in [1.82, 2.24) is 10.6 Å². The molecule has 2 rings (SSSR count).